The van der Waals surface area contributed by atoms with Gasteiger partial charge in [-0.25, -0.2) is 4.79 Å². The zero-order valence-electron chi connectivity index (χ0n) is 14.6. The Bertz CT molecular complexity index is 622. The van der Waals surface area contributed by atoms with Crippen LogP contribution in [0.4, 0.5) is 4.79 Å². The second-order valence-corrected chi connectivity index (χ2v) is 7.48. The van der Waals surface area contributed by atoms with Gasteiger partial charge < -0.3 is 19.1 Å². The number of halogens is 1. The van der Waals surface area contributed by atoms with Crippen molar-refractivity contribution >= 4 is 22.0 Å². The van der Waals surface area contributed by atoms with Crippen LogP contribution < -0.4 is 9.47 Å². The highest BCUT2D eigenvalue weighted by molar-refractivity contribution is 9.10. The predicted octanol–water partition coefficient (Wildman–Crippen LogP) is 4.40. The van der Waals surface area contributed by atoms with E-state index in [1.165, 1.54) is 5.57 Å². The molecule has 0 fully saturated rings. The number of nitrogens with zero attached hydrogens (tertiary/aromatic N) is 1. The molecule has 0 unspecified atom stereocenters. The first-order valence-electron chi connectivity index (χ1n) is 7.90. The lowest BCUT2D eigenvalue weighted by atomic mass is 10.1. The van der Waals surface area contributed by atoms with Crippen molar-refractivity contribution in [2.75, 3.05) is 26.8 Å². The van der Waals surface area contributed by atoms with Crippen molar-refractivity contribution in [3.63, 3.8) is 0 Å². The van der Waals surface area contributed by atoms with Crippen molar-refractivity contribution in [3.05, 3.63) is 34.3 Å². The van der Waals surface area contributed by atoms with Crippen molar-refractivity contribution in [1.82, 2.24) is 4.90 Å². The van der Waals surface area contributed by atoms with Crippen molar-refractivity contribution in [2.24, 2.45) is 0 Å². The van der Waals surface area contributed by atoms with Crippen molar-refractivity contribution in [1.29, 1.82) is 0 Å². The second-order valence-electron chi connectivity index (χ2n) is 6.62. The van der Waals surface area contributed by atoms with E-state index in [4.69, 9.17) is 14.2 Å². The first-order valence-corrected chi connectivity index (χ1v) is 8.70. The van der Waals surface area contributed by atoms with E-state index < -0.39 is 5.60 Å². The van der Waals surface area contributed by atoms with Gasteiger partial charge >= 0.3 is 6.09 Å². The van der Waals surface area contributed by atoms with Crippen molar-refractivity contribution in [2.45, 2.75) is 32.8 Å². The summed E-state index contributed by atoms with van der Waals surface area (Å²) in [5, 5.41) is 0. The molecule has 0 aliphatic carbocycles. The topological polar surface area (TPSA) is 48.0 Å². The average Bonchev–Trinajstić information content (AvgIpc) is 2.52. The molecule has 132 valence electrons. The molecule has 1 amide bonds. The molecule has 1 aliphatic rings. The SMILES string of the molecule is COc1ccc(OCC2=CCN(C(=O)OC(C)(C)C)CC2)c(Br)c1. The van der Waals surface area contributed by atoms with Crippen LogP contribution >= 0.6 is 15.9 Å². The summed E-state index contributed by atoms with van der Waals surface area (Å²) in [6.07, 6.45) is 2.55. The van der Waals surface area contributed by atoms with E-state index in [-0.39, 0.29) is 6.09 Å². The van der Waals surface area contributed by atoms with Gasteiger partial charge in [0.25, 0.3) is 0 Å². The highest BCUT2D eigenvalue weighted by Crippen LogP contribution is 2.29. The molecular weight excluding hydrogens is 374 g/mol. The van der Waals surface area contributed by atoms with Gasteiger partial charge in [0.05, 0.1) is 11.6 Å². The Kier molecular flexibility index (Phi) is 6.15. The van der Waals surface area contributed by atoms with Crippen molar-refractivity contribution < 1.29 is 19.0 Å². The molecule has 2 rings (SSSR count). The van der Waals surface area contributed by atoms with E-state index in [0.29, 0.717) is 19.7 Å². The smallest absolute Gasteiger partial charge is 0.410 e. The van der Waals surface area contributed by atoms with Crippen LogP contribution in [0.2, 0.25) is 0 Å². The number of hydrogen-bond acceptors (Lipinski definition) is 4. The fourth-order valence-electron chi connectivity index (χ4n) is 2.23. The third-order valence-electron chi connectivity index (χ3n) is 3.51. The zero-order valence-corrected chi connectivity index (χ0v) is 16.2. The number of carbonyl (C=O) groups is 1. The lowest BCUT2D eigenvalue weighted by molar-refractivity contribution is 0.0264. The number of hydrogen-bond donors (Lipinski definition) is 0. The zero-order chi connectivity index (χ0) is 17.7. The number of carbonyl (C=O) groups excluding carboxylic acids is 1. The standard InChI is InChI=1S/C18H24BrNO4/c1-18(2,3)24-17(21)20-9-7-13(8-10-20)12-23-16-6-5-14(22-4)11-15(16)19/h5-7,11H,8-10,12H2,1-4H3. The minimum absolute atomic E-state index is 0.267. The Morgan fingerprint density at radius 3 is 2.62 bits per heavy atom. The summed E-state index contributed by atoms with van der Waals surface area (Å²) in [6.45, 7) is 7.32. The van der Waals surface area contributed by atoms with Gasteiger partial charge in [0.2, 0.25) is 0 Å². The number of benzene rings is 1. The summed E-state index contributed by atoms with van der Waals surface area (Å²) >= 11 is 3.48. The van der Waals surface area contributed by atoms with Crippen LogP contribution in [0.3, 0.4) is 0 Å². The maximum absolute atomic E-state index is 12.0. The summed E-state index contributed by atoms with van der Waals surface area (Å²) in [4.78, 5) is 13.7. The number of amides is 1. The van der Waals surface area contributed by atoms with E-state index >= 15 is 0 Å². The van der Waals surface area contributed by atoms with E-state index in [1.54, 1.807) is 12.0 Å². The number of rotatable bonds is 4. The molecule has 1 heterocycles. The first kappa shape index (κ1) is 18.6. The molecule has 0 N–H and O–H groups in total. The minimum atomic E-state index is -0.467. The molecule has 5 nitrogen and oxygen atoms in total. The summed E-state index contributed by atoms with van der Waals surface area (Å²) in [5.74, 6) is 1.55. The number of ether oxygens (including phenoxy) is 3. The second kappa shape index (κ2) is 7.92. The van der Waals surface area contributed by atoms with Crippen LogP contribution in [0.25, 0.3) is 0 Å². The Balaban J connectivity index is 1.86. The van der Waals surface area contributed by atoms with Gasteiger partial charge in [0.1, 0.15) is 23.7 Å². The third kappa shape index (κ3) is 5.44. The monoisotopic (exact) mass is 397 g/mol. The lowest BCUT2D eigenvalue weighted by Crippen LogP contribution is -2.39. The molecule has 0 saturated carbocycles. The molecule has 0 atom stereocenters. The highest BCUT2D eigenvalue weighted by Gasteiger charge is 2.23. The summed E-state index contributed by atoms with van der Waals surface area (Å²) in [5.41, 5.74) is 0.711. The van der Waals surface area contributed by atoms with E-state index in [9.17, 15) is 4.79 Å². The Morgan fingerprint density at radius 2 is 2.08 bits per heavy atom. The van der Waals surface area contributed by atoms with Crippen LogP contribution in [-0.2, 0) is 4.74 Å². The summed E-state index contributed by atoms with van der Waals surface area (Å²) in [6, 6.07) is 5.60. The molecule has 0 saturated heterocycles. The van der Waals surface area contributed by atoms with Gasteiger partial charge in [0.15, 0.2) is 0 Å². The summed E-state index contributed by atoms with van der Waals surface area (Å²) < 4.78 is 17.3. The van der Waals surface area contributed by atoms with Gasteiger partial charge in [-0.3, -0.25) is 0 Å². The van der Waals surface area contributed by atoms with Gasteiger partial charge in [-0.15, -0.1) is 0 Å². The molecule has 0 bridgehead atoms. The largest absolute Gasteiger partial charge is 0.497 e. The van der Waals surface area contributed by atoms with Crippen LogP contribution in [0.15, 0.2) is 34.3 Å². The fourth-order valence-corrected chi connectivity index (χ4v) is 2.70. The van der Waals surface area contributed by atoms with Crippen LogP contribution in [0.5, 0.6) is 11.5 Å². The molecule has 6 heteroatoms. The van der Waals surface area contributed by atoms with E-state index in [1.807, 2.05) is 45.0 Å². The van der Waals surface area contributed by atoms with Gasteiger partial charge in [0, 0.05) is 13.1 Å². The first-order chi connectivity index (χ1) is 11.3. The van der Waals surface area contributed by atoms with Gasteiger partial charge in [-0.2, -0.15) is 0 Å². The quantitative estimate of drug-likeness (QED) is 0.706. The Morgan fingerprint density at radius 1 is 1.33 bits per heavy atom. The maximum atomic E-state index is 12.0. The molecule has 1 aliphatic heterocycles. The van der Waals surface area contributed by atoms with Crippen LogP contribution in [0, 0.1) is 0 Å². The maximum Gasteiger partial charge on any atom is 0.410 e. The molecule has 0 radical (unpaired) electrons. The van der Waals surface area contributed by atoms with E-state index in [2.05, 4.69) is 15.9 Å². The minimum Gasteiger partial charge on any atom is -0.497 e. The lowest BCUT2D eigenvalue weighted by Gasteiger charge is -2.29. The van der Waals surface area contributed by atoms with E-state index in [0.717, 1.165) is 22.4 Å². The van der Waals surface area contributed by atoms with Gasteiger partial charge in [-0.05, 0) is 66.9 Å². The Labute approximate surface area is 151 Å². The molecule has 1 aromatic carbocycles. The molecular formula is C18H24BrNO4. The average molecular weight is 398 g/mol. The molecule has 0 aromatic heterocycles. The molecule has 1 aromatic rings. The van der Waals surface area contributed by atoms with Gasteiger partial charge in [-0.1, -0.05) is 6.08 Å². The molecule has 0 spiro atoms. The van der Waals surface area contributed by atoms with Crippen molar-refractivity contribution in [3.8, 4) is 11.5 Å². The predicted molar refractivity (Wildman–Crippen MR) is 96.7 cm³/mol. The molecule has 24 heavy (non-hydrogen) atoms. The van der Waals surface area contributed by atoms with Crippen LogP contribution in [-0.4, -0.2) is 43.4 Å². The highest BCUT2D eigenvalue weighted by atomic mass is 79.9. The van der Waals surface area contributed by atoms with Crippen LogP contribution in [0.1, 0.15) is 27.2 Å². The summed E-state index contributed by atoms with van der Waals surface area (Å²) in [7, 11) is 1.63. The Hall–Kier alpha value is -1.69. The fraction of sp³-hybridized carbons (Fsp3) is 0.500. The normalized spacial score (nSPS) is 14.9. The number of methoxy groups -OCH3 is 1. The third-order valence-corrected chi connectivity index (χ3v) is 4.13.